The second-order valence-electron chi connectivity index (χ2n) is 5.80. The van der Waals surface area contributed by atoms with Gasteiger partial charge in [-0.05, 0) is 57.8 Å². The molecule has 0 saturated heterocycles. The second-order valence-corrected chi connectivity index (χ2v) is 5.80. The molecule has 1 aliphatic rings. The third kappa shape index (κ3) is 2.32. The highest BCUT2D eigenvalue weighted by atomic mass is 16.3. The fourth-order valence-electron chi connectivity index (χ4n) is 3.21. The minimum atomic E-state index is 0.0509. The summed E-state index contributed by atoms with van der Waals surface area (Å²) in [4.78, 5) is 2.31. The average molecular weight is 251 g/mol. The molecule has 1 saturated carbocycles. The van der Waals surface area contributed by atoms with Crippen molar-refractivity contribution >= 4 is 0 Å². The maximum absolute atomic E-state index is 5.82. The second kappa shape index (κ2) is 5.43. The summed E-state index contributed by atoms with van der Waals surface area (Å²) in [5.74, 6) is 7.56. The number of hydrogen-bond donors (Lipinski definition) is 2. The topological polar surface area (TPSA) is 54.4 Å². The highest BCUT2D eigenvalue weighted by molar-refractivity contribution is 5.14. The molecule has 1 heterocycles. The molecule has 0 aromatic carbocycles. The fraction of sp³-hybridized carbons (Fsp3) is 0.714. The molecule has 1 aliphatic carbocycles. The summed E-state index contributed by atoms with van der Waals surface area (Å²) in [6, 6.07) is 3.98. The van der Waals surface area contributed by atoms with E-state index >= 15 is 0 Å². The first-order valence-corrected chi connectivity index (χ1v) is 6.77. The summed E-state index contributed by atoms with van der Waals surface area (Å²) >= 11 is 0. The van der Waals surface area contributed by atoms with Crippen LogP contribution in [0.5, 0.6) is 0 Å². The quantitative estimate of drug-likeness (QED) is 0.637. The van der Waals surface area contributed by atoms with E-state index in [1.807, 2.05) is 12.1 Å². The Bertz CT molecular complexity index is 353. The molecule has 4 nitrogen and oxygen atoms in total. The largest absolute Gasteiger partial charge is 0.468 e. The van der Waals surface area contributed by atoms with Gasteiger partial charge in [0.15, 0.2) is 0 Å². The molecule has 102 valence electrons. The van der Waals surface area contributed by atoms with Crippen LogP contribution in [0.1, 0.15) is 44.4 Å². The predicted octanol–water partition coefficient (Wildman–Crippen LogP) is 2.29. The highest BCUT2D eigenvalue weighted by Gasteiger charge is 2.44. The Kier molecular flexibility index (Phi) is 4.10. The van der Waals surface area contributed by atoms with Gasteiger partial charge in [0.25, 0.3) is 0 Å². The van der Waals surface area contributed by atoms with E-state index in [1.54, 1.807) is 6.26 Å². The van der Waals surface area contributed by atoms with Crippen LogP contribution in [-0.2, 0) is 0 Å². The van der Waals surface area contributed by atoms with E-state index in [2.05, 4.69) is 31.3 Å². The van der Waals surface area contributed by atoms with Crippen LogP contribution in [0.15, 0.2) is 22.8 Å². The van der Waals surface area contributed by atoms with Crippen LogP contribution in [0, 0.1) is 5.92 Å². The standard InChI is InChI=1S/C14H25N3O/c1-11-6-8-14(9-7-11,17(2)3)13(16-15)12-5-4-10-18-12/h4-5,10-11,13,16H,6-9,15H2,1-3H3. The SMILES string of the molecule is CC1CCC(C(NN)c2ccco2)(N(C)C)CC1. The Labute approximate surface area is 109 Å². The van der Waals surface area contributed by atoms with Crippen LogP contribution < -0.4 is 11.3 Å². The van der Waals surface area contributed by atoms with Gasteiger partial charge in [0, 0.05) is 5.54 Å². The molecule has 0 radical (unpaired) electrons. The van der Waals surface area contributed by atoms with E-state index in [0.29, 0.717) is 0 Å². The molecule has 0 spiro atoms. The van der Waals surface area contributed by atoms with Crippen LogP contribution in [0.2, 0.25) is 0 Å². The first kappa shape index (κ1) is 13.6. The number of furan rings is 1. The lowest BCUT2D eigenvalue weighted by molar-refractivity contribution is 0.0352. The van der Waals surface area contributed by atoms with Crippen molar-refractivity contribution in [2.45, 2.75) is 44.2 Å². The normalized spacial score (nSPS) is 30.6. The van der Waals surface area contributed by atoms with Crippen molar-refractivity contribution in [1.82, 2.24) is 10.3 Å². The van der Waals surface area contributed by atoms with Gasteiger partial charge in [-0.1, -0.05) is 6.92 Å². The van der Waals surface area contributed by atoms with Crippen LogP contribution in [0.25, 0.3) is 0 Å². The van der Waals surface area contributed by atoms with Gasteiger partial charge in [-0.3, -0.25) is 5.84 Å². The molecule has 0 bridgehead atoms. The monoisotopic (exact) mass is 251 g/mol. The van der Waals surface area contributed by atoms with Crippen LogP contribution in [-0.4, -0.2) is 24.5 Å². The van der Waals surface area contributed by atoms with Gasteiger partial charge in [0.2, 0.25) is 0 Å². The number of nitrogens with two attached hydrogens (primary N) is 1. The van der Waals surface area contributed by atoms with E-state index in [0.717, 1.165) is 24.5 Å². The highest BCUT2D eigenvalue weighted by Crippen LogP contribution is 2.43. The summed E-state index contributed by atoms with van der Waals surface area (Å²) < 4.78 is 5.57. The summed E-state index contributed by atoms with van der Waals surface area (Å²) in [5.41, 5.74) is 3.03. The molecular weight excluding hydrogens is 226 g/mol. The zero-order valence-corrected chi connectivity index (χ0v) is 11.6. The van der Waals surface area contributed by atoms with Crippen LogP contribution in [0.4, 0.5) is 0 Å². The van der Waals surface area contributed by atoms with Gasteiger partial charge in [-0.15, -0.1) is 0 Å². The molecule has 1 aromatic rings. The number of nitrogens with one attached hydrogen (secondary N) is 1. The minimum Gasteiger partial charge on any atom is -0.468 e. The molecule has 0 aliphatic heterocycles. The first-order chi connectivity index (χ1) is 8.60. The van der Waals surface area contributed by atoms with Gasteiger partial charge in [0.05, 0.1) is 12.3 Å². The van der Waals surface area contributed by atoms with Crippen molar-refractivity contribution in [2.24, 2.45) is 11.8 Å². The smallest absolute Gasteiger partial charge is 0.123 e. The number of nitrogens with zero attached hydrogens (tertiary/aromatic N) is 1. The Morgan fingerprint density at radius 1 is 1.44 bits per heavy atom. The first-order valence-electron chi connectivity index (χ1n) is 6.77. The zero-order valence-electron chi connectivity index (χ0n) is 11.6. The van der Waals surface area contributed by atoms with Gasteiger partial charge in [0.1, 0.15) is 5.76 Å². The third-order valence-electron chi connectivity index (χ3n) is 4.56. The van der Waals surface area contributed by atoms with Crippen molar-refractivity contribution in [3.63, 3.8) is 0 Å². The lowest BCUT2D eigenvalue weighted by atomic mass is 9.71. The summed E-state index contributed by atoms with van der Waals surface area (Å²) in [5, 5.41) is 0. The van der Waals surface area contributed by atoms with Crippen molar-refractivity contribution in [3.05, 3.63) is 24.2 Å². The van der Waals surface area contributed by atoms with Crippen molar-refractivity contribution in [3.8, 4) is 0 Å². The number of likely N-dealkylation sites (N-methyl/N-ethyl adjacent to an activating group) is 1. The molecule has 4 heteroatoms. The maximum atomic E-state index is 5.82. The Morgan fingerprint density at radius 3 is 2.56 bits per heavy atom. The fourth-order valence-corrected chi connectivity index (χ4v) is 3.21. The average Bonchev–Trinajstić information content (AvgIpc) is 2.86. The number of hydrazine groups is 1. The summed E-state index contributed by atoms with van der Waals surface area (Å²) in [6.07, 6.45) is 6.51. The van der Waals surface area contributed by atoms with Gasteiger partial charge >= 0.3 is 0 Å². The lowest BCUT2D eigenvalue weighted by Gasteiger charge is -2.48. The third-order valence-corrected chi connectivity index (χ3v) is 4.56. The van der Waals surface area contributed by atoms with E-state index < -0.39 is 0 Å². The molecule has 1 unspecified atom stereocenters. The molecule has 0 amide bonds. The van der Waals surface area contributed by atoms with Crippen molar-refractivity contribution in [1.29, 1.82) is 0 Å². The summed E-state index contributed by atoms with van der Waals surface area (Å²) in [7, 11) is 4.28. The maximum Gasteiger partial charge on any atom is 0.123 e. The van der Waals surface area contributed by atoms with E-state index in [4.69, 9.17) is 10.3 Å². The summed E-state index contributed by atoms with van der Waals surface area (Å²) in [6.45, 7) is 2.33. The minimum absolute atomic E-state index is 0.0509. The lowest BCUT2D eigenvalue weighted by Crippen LogP contribution is -2.56. The van der Waals surface area contributed by atoms with Crippen molar-refractivity contribution in [2.75, 3.05) is 14.1 Å². The van der Waals surface area contributed by atoms with Crippen LogP contribution >= 0.6 is 0 Å². The zero-order chi connectivity index (χ0) is 13.2. The molecule has 18 heavy (non-hydrogen) atoms. The molecular formula is C14H25N3O. The van der Waals surface area contributed by atoms with Gasteiger partial charge in [-0.2, -0.15) is 0 Å². The number of hydrogen-bond acceptors (Lipinski definition) is 4. The van der Waals surface area contributed by atoms with E-state index in [-0.39, 0.29) is 11.6 Å². The molecule has 1 atom stereocenters. The molecule has 2 rings (SSSR count). The Hall–Kier alpha value is -0.840. The molecule has 3 N–H and O–H groups in total. The Morgan fingerprint density at radius 2 is 2.11 bits per heavy atom. The van der Waals surface area contributed by atoms with E-state index in [9.17, 15) is 0 Å². The predicted molar refractivity (Wildman–Crippen MR) is 72.8 cm³/mol. The van der Waals surface area contributed by atoms with Crippen molar-refractivity contribution < 1.29 is 4.42 Å². The van der Waals surface area contributed by atoms with Gasteiger partial charge < -0.3 is 9.32 Å². The van der Waals surface area contributed by atoms with Crippen LogP contribution in [0.3, 0.4) is 0 Å². The molecule has 1 aromatic heterocycles. The van der Waals surface area contributed by atoms with Gasteiger partial charge in [-0.25, -0.2) is 5.43 Å². The number of rotatable bonds is 4. The Balaban J connectivity index is 2.28. The molecule has 1 fully saturated rings. The van der Waals surface area contributed by atoms with E-state index in [1.165, 1.54) is 12.8 Å².